The van der Waals surface area contributed by atoms with Gasteiger partial charge in [0.2, 0.25) is 0 Å². The summed E-state index contributed by atoms with van der Waals surface area (Å²) < 4.78 is 0. The van der Waals surface area contributed by atoms with Crippen molar-refractivity contribution in [2.24, 2.45) is 0 Å². The molecule has 2 heterocycles. The molecule has 0 atom stereocenters. The molecule has 4 nitrogen and oxygen atoms in total. The van der Waals surface area contributed by atoms with Crippen LogP contribution in [0.2, 0.25) is 0 Å². The zero-order valence-corrected chi connectivity index (χ0v) is 10.6. The van der Waals surface area contributed by atoms with E-state index in [1.807, 2.05) is 0 Å². The third-order valence-electron chi connectivity index (χ3n) is 2.13. The van der Waals surface area contributed by atoms with Gasteiger partial charge in [0.25, 0.3) is 0 Å². The highest BCUT2D eigenvalue weighted by Gasteiger charge is 2.06. The van der Waals surface area contributed by atoms with Crippen molar-refractivity contribution in [1.82, 2.24) is 9.97 Å². The Bertz CT molecular complexity index is 460. The van der Waals surface area contributed by atoms with E-state index in [4.69, 9.17) is 5.11 Å². The van der Waals surface area contributed by atoms with Crippen molar-refractivity contribution >= 4 is 39.8 Å². The summed E-state index contributed by atoms with van der Waals surface area (Å²) in [6.07, 6.45) is 2.57. The molecule has 0 aliphatic rings. The Labute approximate surface area is 104 Å². The predicted octanol–water partition coefficient (Wildman–Crippen LogP) is 2.08. The average molecular weight is 260 g/mol. The Hall–Kier alpha value is -0.910. The minimum Gasteiger partial charge on any atom is -0.395 e. The lowest BCUT2D eigenvalue weighted by molar-refractivity contribution is 0.311. The first-order chi connectivity index (χ1) is 7.35. The summed E-state index contributed by atoms with van der Waals surface area (Å²) in [5.41, 5.74) is 0. The third-order valence-corrected chi connectivity index (χ3v) is 3.32. The van der Waals surface area contributed by atoms with E-state index in [1.165, 1.54) is 4.88 Å². The van der Waals surface area contributed by atoms with Crippen LogP contribution in [0.4, 0.5) is 5.82 Å². The number of halogens is 1. The maximum absolute atomic E-state index is 8.75. The van der Waals surface area contributed by atoms with Crippen LogP contribution in [-0.2, 0) is 6.42 Å². The number of aromatic nitrogens is 2. The molecule has 0 bridgehead atoms. The van der Waals surface area contributed by atoms with Crippen molar-refractivity contribution in [2.75, 3.05) is 18.5 Å². The van der Waals surface area contributed by atoms with E-state index >= 15 is 0 Å². The van der Waals surface area contributed by atoms with Gasteiger partial charge in [0.05, 0.1) is 12.0 Å². The van der Waals surface area contributed by atoms with Crippen LogP contribution >= 0.6 is 23.7 Å². The number of aliphatic hydroxyl groups excluding tert-OH is 1. The van der Waals surface area contributed by atoms with Gasteiger partial charge in [-0.25, -0.2) is 9.97 Å². The van der Waals surface area contributed by atoms with Crippen LogP contribution in [0.3, 0.4) is 0 Å². The first-order valence-corrected chi connectivity index (χ1v) is 5.75. The van der Waals surface area contributed by atoms with Gasteiger partial charge in [-0.15, -0.1) is 23.7 Å². The maximum Gasteiger partial charge on any atom is 0.138 e. The van der Waals surface area contributed by atoms with Crippen LogP contribution in [0.15, 0.2) is 12.4 Å². The molecule has 0 aliphatic carbocycles. The van der Waals surface area contributed by atoms with Gasteiger partial charge in [0.15, 0.2) is 0 Å². The molecule has 2 aromatic heterocycles. The average Bonchev–Trinajstić information content (AvgIpc) is 2.69. The van der Waals surface area contributed by atoms with Crippen molar-refractivity contribution in [2.45, 2.75) is 13.3 Å². The minimum absolute atomic E-state index is 0. The molecule has 0 spiro atoms. The summed E-state index contributed by atoms with van der Waals surface area (Å²) in [6, 6.07) is 2.11. The number of nitrogens with one attached hydrogen (secondary N) is 1. The van der Waals surface area contributed by atoms with E-state index in [0.29, 0.717) is 6.54 Å². The maximum atomic E-state index is 8.75. The summed E-state index contributed by atoms with van der Waals surface area (Å²) in [5.74, 6) is 0.810. The molecule has 2 N–H and O–H groups in total. The summed E-state index contributed by atoms with van der Waals surface area (Å²) in [6.45, 7) is 2.75. The van der Waals surface area contributed by atoms with Gasteiger partial charge in [-0.2, -0.15) is 0 Å². The SMILES string of the molecule is CCc1cc2c(NCCO)ncnc2s1.Cl. The molecule has 0 aromatic carbocycles. The standard InChI is InChI=1S/C10H13N3OS.ClH/c1-2-7-5-8-9(11-3-4-14)12-6-13-10(8)15-7;/h5-6,14H,2-4H2,1H3,(H,11,12,13);1H. The first kappa shape index (κ1) is 13.2. The fraction of sp³-hybridized carbons (Fsp3) is 0.400. The molecule has 88 valence electrons. The molecular formula is C10H14ClN3OS. The van der Waals surface area contributed by atoms with E-state index < -0.39 is 0 Å². The van der Waals surface area contributed by atoms with Gasteiger partial charge in [0.1, 0.15) is 17.0 Å². The monoisotopic (exact) mass is 259 g/mol. The third kappa shape index (κ3) is 2.61. The van der Waals surface area contributed by atoms with E-state index in [0.717, 1.165) is 22.5 Å². The largest absolute Gasteiger partial charge is 0.395 e. The van der Waals surface area contributed by atoms with Crippen LogP contribution in [0.1, 0.15) is 11.8 Å². The highest BCUT2D eigenvalue weighted by molar-refractivity contribution is 7.18. The second-order valence-electron chi connectivity index (χ2n) is 3.16. The van der Waals surface area contributed by atoms with Crippen molar-refractivity contribution in [3.05, 3.63) is 17.3 Å². The lowest BCUT2D eigenvalue weighted by Crippen LogP contribution is -2.07. The molecular weight excluding hydrogens is 246 g/mol. The molecule has 2 rings (SSSR count). The van der Waals surface area contributed by atoms with Gasteiger partial charge in [-0.05, 0) is 12.5 Å². The molecule has 16 heavy (non-hydrogen) atoms. The Morgan fingerprint density at radius 2 is 2.25 bits per heavy atom. The number of thiophene rings is 1. The second-order valence-corrected chi connectivity index (χ2v) is 4.27. The number of rotatable bonds is 4. The Morgan fingerprint density at radius 1 is 1.44 bits per heavy atom. The number of hydrogen-bond donors (Lipinski definition) is 2. The molecule has 0 saturated carbocycles. The lowest BCUT2D eigenvalue weighted by atomic mass is 10.3. The second kappa shape index (κ2) is 5.98. The molecule has 0 radical (unpaired) electrons. The van der Waals surface area contributed by atoms with Crippen LogP contribution in [-0.4, -0.2) is 28.2 Å². The summed E-state index contributed by atoms with van der Waals surface area (Å²) >= 11 is 1.69. The number of aliphatic hydroxyl groups is 1. The van der Waals surface area contributed by atoms with E-state index in [9.17, 15) is 0 Å². The quantitative estimate of drug-likeness (QED) is 0.883. The van der Waals surface area contributed by atoms with Crippen molar-refractivity contribution in [3.8, 4) is 0 Å². The fourth-order valence-electron chi connectivity index (χ4n) is 1.39. The van der Waals surface area contributed by atoms with Crippen LogP contribution in [0.5, 0.6) is 0 Å². The molecule has 0 amide bonds. The van der Waals surface area contributed by atoms with Gasteiger partial charge >= 0.3 is 0 Å². The number of aryl methyl sites for hydroxylation is 1. The normalized spacial score (nSPS) is 10.1. The van der Waals surface area contributed by atoms with Crippen LogP contribution in [0, 0.1) is 0 Å². The lowest BCUT2D eigenvalue weighted by Gasteiger charge is -2.02. The van der Waals surface area contributed by atoms with E-state index in [-0.39, 0.29) is 19.0 Å². The highest BCUT2D eigenvalue weighted by atomic mass is 35.5. The molecule has 0 saturated heterocycles. The molecule has 2 aromatic rings. The van der Waals surface area contributed by atoms with Gasteiger partial charge in [0, 0.05) is 11.4 Å². The number of nitrogens with zero attached hydrogens (tertiary/aromatic N) is 2. The van der Waals surface area contributed by atoms with Crippen molar-refractivity contribution < 1.29 is 5.11 Å². The highest BCUT2D eigenvalue weighted by Crippen LogP contribution is 2.28. The first-order valence-electron chi connectivity index (χ1n) is 4.93. The summed E-state index contributed by atoms with van der Waals surface area (Å²) in [4.78, 5) is 10.7. The topological polar surface area (TPSA) is 58.0 Å². The molecule has 0 aliphatic heterocycles. The number of fused-ring (bicyclic) bond motifs is 1. The fourth-order valence-corrected chi connectivity index (χ4v) is 2.33. The van der Waals surface area contributed by atoms with Gasteiger partial charge in [-0.3, -0.25) is 0 Å². The minimum atomic E-state index is 0. The zero-order chi connectivity index (χ0) is 10.7. The van der Waals surface area contributed by atoms with Gasteiger partial charge < -0.3 is 10.4 Å². The zero-order valence-electron chi connectivity index (χ0n) is 8.93. The number of hydrogen-bond acceptors (Lipinski definition) is 5. The van der Waals surface area contributed by atoms with Crippen LogP contribution < -0.4 is 5.32 Å². The Morgan fingerprint density at radius 3 is 2.94 bits per heavy atom. The smallest absolute Gasteiger partial charge is 0.138 e. The Kier molecular flexibility index (Phi) is 4.92. The molecule has 0 unspecified atom stereocenters. The Balaban J connectivity index is 0.00000128. The van der Waals surface area contributed by atoms with E-state index in [1.54, 1.807) is 17.7 Å². The van der Waals surface area contributed by atoms with Gasteiger partial charge in [-0.1, -0.05) is 6.92 Å². The van der Waals surface area contributed by atoms with E-state index in [2.05, 4.69) is 28.3 Å². The number of anilines is 1. The summed E-state index contributed by atoms with van der Waals surface area (Å²) in [5, 5.41) is 12.9. The predicted molar refractivity (Wildman–Crippen MR) is 69.6 cm³/mol. The van der Waals surface area contributed by atoms with Crippen molar-refractivity contribution in [3.63, 3.8) is 0 Å². The molecule has 6 heteroatoms. The summed E-state index contributed by atoms with van der Waals surface area (Å²) in [7, 11) is 0. The molecule has 0 fully saturated rings. The van der Waals surface area contributed by atoms with Crippen LogP contribution in [0.25, 0.3) is 10.2 Å². The van der Waals surface area contributed by atoms with Crippen molar-refractivity contribution in [1.29, 1.82) is 0 Å².